The molecular weight excluding hydrogens is 351 g/mol. The lowest BCUT2D eigenvalue weighted by atomic mass is 10.2. The number of anilines is 1. The maximum absolute atomic E-state index is 14.1. The number of para-hydroxylation sites is 1. The average molecular weight is 368 g/mol. The van der Waals surface area contributed by atoms with Crippen molar-refractivity contribution in [3.63, 3.8) is 0 Å². The monoisotopic (exact) mass is 368 g/mol. The number of carbonyl (C=O) groups is 1. The molecule has 1 N–H and O–H groups in total. The van der Waals surface area contributed by atoms with Crippen LogP contribution in [0.15, 0.2) is 58.3 Å². The third kappa shape index (κ3) is 3.69. The Morgan fingerprint density at radius 3 is 2.63 bits per heavy atom. The molecule has 0 radical (unpaired) electrons. The third-order valence-corrected chi connectivity index (χ3v) is 3.99. The van der Waals surface area contributed by atoms with Crippen LogP contribution in [0, 0.1) is 12.7 Å². The van der Waals surface area contributed by atoms with Gasteiger partial charge in [0, 0.05) is 30.6 Å². The SMILES string of the molecule is CCn1cc(NC(=O)c2nn(-c3ccccc3F)c(C)cc2=O)ccc1=O. The van der Waals surface area contributed by atoms with E-state index >= 15 is 0 Å². The fourth-order valence-electron chi connectivity index (χ4n) is 2.61. The van der Waals surface area contributed by atoms with Gasteiger partial charge in [0.1, 0.15) is 11.5 Å². The number of hydrogen-bond donors (Lipinski definition) is 1. The highest BCUT2D eigenvalue weighted by atomic mass is 19.1. The van der Waals surface area contributed by atoms with Gasteiger partial charge in [-0.1, -0.05) is 12.1 Å². The Kier molecular flexibility index (Phi) is 4.98. The summed E-state index contributed by atoms with van der Waals surface area (Å²) in [7, 11) is 0. The minimum Gasteiger partial charge on any atom is -0.319 e. The van der Waals surface area contributed by atoms with Gasteiger partial charge in [0.05, 0.1) is 5.69 Å². The molecule has 0 aliphatic heterocycles. The van der Waals surface area contributed by atoms with Gasteiger partial charge in [0.2, 0.25) is 5.43 Å². The molecule has 7 nitrogen and oxygen atoms in total. The molecular formula is C19H17FN4O3. The van der Waals surface area contributed by atoms with Crippen molar-refractivity contribution >= 4 is 11.6 Å². The van der Waals surface area contributed by atoms with Crippen LogP contribution in [0.2, 0.25) is 0 Å². The Labute approximate surface area is 153 Å². The second-order valence-corrected chi connectivity index (χ2v) is 5.86. The molecule has 8 heteroatoms. The number of rotatable bonds is 4. The molecule has 138 valence electrons. The number of nitrogens with one attached hydrogen (secondary N) is 1. The number of nitrogens with zero attached hydrogens (tertiary/aromatic N) is 3. The van der Waals surface area contributed by atoms with Crippen molar-refractivity contribution in [2.24, 2.45) is 0 Å². The summed E-state index contributed by atoms with van der Waals surface area (Å²) in [6.07, 6.45) is 1.48. The summed E-state index contributed by atoms with van der Waals surface area (Å²) in [6, 6.07) is 9.91. The summed E-state index contributed by atoms with van der Waals surface area (Å²) >= 11 is 0. The molecule has 0 saturated carbocycles. The maximum atomic E-state index is 14.1. The molecule has 0 aliphatic rings. The van der Waals surface area contributed by atoms with E-state index < -0.39 is 17.2 Å². The van der Waals surface area contributed by atoms with E-state index in [2.05, 4.69) is 10.4 Å². The fraction of sp³-hybridized carbons (Fsp3) is 0.158. The molecule has 3 rings (SSSR count). The minimum absolute atomic E-state index is 0.128. The van der Waals surface area contributed by atoms with Crippen molar-refractivity contribution in [3.8, 4) is 5.69 Å². The highest BCUT2D eigenvalue weighted by Crippen LogP contribution is 2.13. The molecule has 0 atom stereocenters. The summed E-state index contributed by atoms with van der Waals surface area (Å²) in [5.74, 6) is -1.27. The predicted molar refractivity (Wildman–Crippen MR) is 98.9 cm³/mol. The van der Waals surface area contributed by atoms with Crippen LogP contribution in [0.3, 0.4) is 0 Å². The third-order valence-electron chi connectivity index (χ3n) is 3.99. The molecule has 2 heterocycles. The van der Waals surface area contributed by atoms with Gasteiger partial charge in [0.25, 0.3) is 11.5 Å². The van der Waals surface area contributed by atoms with Crippen molar-refractivity contribution < 1.29 is 9.18 Å². The standard InChI is InChI=1S/C19H17FN4O3/c1-3-23-11-13(8-9-17(23)26)21-19(27)18-16(25)10-12(2)24(22-18)15-7-5-4-6-14(15)20/h4-11H,3H2,1-2H3,(H,21,27). The largest absolute Gasteiger partial charge is 0.319 e. The highest BCUT2D eigenvalue weighted by molar-refractivity contribution is 6.02. The quantitative estimate of drug-likeness (QED) is 0.764. The van der Waals surface area contributed by atoms with Gasteiger partial charge < -0.3 is 9.88 Å². The van der Waals surface area contributed by atoms with E-state index in [4.69, 9.17) is 0 Å². The molecule has 0 unspecified atom stereocenters. The first-order valence-electron chi connectivity index (χ1n) is 8.28. The van der Waals surface area contributed by atoms with Crippen LogP contribution in [0.25, 0.3) is 5.69 Å². The number of hydrogen-bond acceptors (Lipinski definition) is 4. The molecule has 0 fully saturated rings. The van der Waals surface area contributed by atoms with Crippen LogP contribution < -0.4 is 16.3 Å². The van der Waals surface area contributed by atoms with Crippen molar-refractivity contribution in [2.75, 3.05) is 5.32 Å². The van der Waals surface area contributed by atoms with Gasteiger partial charge in [-0.2, -0.15) is 5.10 Å². The first-order chi connectivity index (χ1) is 12.9. The summed E-state index contributed by atoms with van der Waals surface area (Å²) in [5, 5.41) is 6.59. The van der Waals surface area contributed by atoms with E-state index in [0.717, 1.165) is 0 Å². The maximum Gasteiger partial charge on any atom is 0.280 e. The Morgan fingerprint density at radius 1 is 1.19 bits per heavy atom. The summed E-state index contributed by atoms with van der Waals surface area (Å²) in [5.41, 5.74) is -0.296. The number of carbonyl (C=O) groups excluding carboxylic acids is 1. The van der Waals surface area contributed by atoms with E-state index in [0.29, 0.717) is 17.9 Å². The number of aromatic nitrogens is 3. The topological polar surface area (TPSA) is 86.0 Å². The van der Waals surface area contributed by atoms with Gasteiger partial charge >= 0.3 is 0 Å². The van der Waals surface area contributed by atoms with Crippen molar-refractivity contribution in [2.45, 2.75) is 20.4 Å². The molecule has 0 saturated heterocycles. The van der Waals surface area contributed by atoms with Gasteiger partial charge in [-0.15, -0.1) is 0 Å². The van der Waals surface area contributed by atoms with Gasteiger partial charge in [-0.25, -0.2) is 9.07 Å². The van der Waals surface area contributed by atoms with Crippen molar-refractivity contribution in [1.82, 2.24) is 14.3 Å². The van der Waals surface area contributed by atoms with Gasteiger partial charge in [-0.05, 0) is 32.0 Å². The first kappa shape index (κ1) is 18.2. The lowest BCUT2D eigenvalue weighted by Gasteiger charge is -2.12. The number of pyridine rings is 1. The van der Waals surface area contributed by atoms with Crippen LogP contribution >= 0.6 is 0 Å². The van der Waals surface area contributed by atoms with E-state index in [1.165, 1.54) is 51.8 Å². The van der Waals surface area contributed by atoms with Gasteiger partial charge in [-0.3, -0.25) is 14.4 Å². The zero-order valence-electron chi connectivity index (χ0n) is 14.8. The Hall–Kier alpha value is -3.55. The van der Waals surface area contributed by atoms with Crippen LogP contribution in [0.1, 0.15) is 23.1 Å². The number of halogens is 1. The zero-order valence-corrected chi connectivity index (χ0v) is 14.8. The molecule has 1 amide bonds. The molecule has 27 heavy (non-hydrogen) atoms. The molecule has 0 spiro atoms. The highest BCUT2D eigenvalue weighted by Gasteiger charge is 2.17. The smallest absolute Gasteiger partial charge is 0.280 e. The van der Waals surface area contributed by atoms with Gasteiger partial charge in [0.15, 0.2) is 5.69 Å². The van der Waals surface area contributed by atoms with Crippen molar-refractivity contribution in [3.05, 3.63) is 86.4 Å². The number of benzene rings is 1. The average Bonchev–Trinajstić information content (AvgIpc) is 2.64. The molecule has 0 aliphatic carbocycles. The van der Waals surface area contributed by atoms with Crippen LogP contribution in [-0.2, 0) is 6.54 Å². The number of amides is 1. The minimum atomic E-state index is -0.744. The van der Waals surface area contributed by atoms with Crippen molar-refractivity contribution in [1.29, 1.82) is 0 Å². The van der Waals surface area contributed by atoms with Crippen LogP contribution in [0.4, 0.5) is 10.1 Å². The van der Waals surface area contributed by atoms with E-state index in [-0.39, 0.29) is 16.9 Å². The first-order valence-corrected chi connectivity index (χ1v) is 8.28. The molecule has 0 bridgehead atoms. The van der Waals surface area contributed by atoms with Crippen LogP contribution in [-0.4, -0.2) is 20.3 Å². The Morgan fingerprint density at radius 2 is 1.93 bits per heavy atom. The summed E-state index contributed by atoms with van der Waals surface area (Å²) in [4.78, 5) is 36.4. The molecule has 2 aromatic heterocycles. The summed E-state index contributed by atoms with van der Waals surface area (Å²) in [6.45, 7) is 3.83. The molecule has 3 aromatic rings. The lowest BCUT2D eigenvalue weighted by Crippen LogP contribution is -2.27. The normalized spacial score (nSPS) is 10.6. The Balaban J connectivity index is 2.00. The zero-order chi connectivity index (χ0) is 19.6. The predicted octanol–water partition coefficient (Wildman–Crippen LogP) is 2.11. The summed E-state index contributed by atoms with van der Waals surface area (Å²) < 4.78 is 16.7. The Bertz CT molecular complexity index is 1130. The number of aryl methyl sites for hydroxylation is 2. The second-order valence-electron chi connectivity index (χ2n) is 5.86. The molecule has 1 aromatic carbocycles. The van der Waals surface area contributed by atoms with E-state index in [9.17, 15) is 18.8 Å². The lowest BCUT2D eigenvalue weighted by molar-refractivity contribution is 0.101. The fourth-order valence-corrected chi connectivity index (χ4v) is 2.61. The van der Waals surface area contributed by atoms with E-state index in [1.54, 1.807) is 19.9 Å². The van der Waals surface area contributed by atoms with E-state index in [1.807, 2.05) is 0 Å². The van der Waals surface area contributed by atoms with Crippen LogP contribution in [0.5, 0.6) is 0 Å². The second kappa shape index (κ2) is 7.36.